The number of rotatable bonds is 9. The van der Waals surface area contributed by atoms with Gasteiger partial charge >= 0.3 is 0 Å². The van der Waals surface area contributed by atoms with E-state index in [0.717, 1.165) is 15.6 Å². The Morgan fingerprint density at radius 2 is 1.85 bits per heavy atom. The molecule has 0 saturated carbocycles. The lowest BCUT2D eigenvalue weighted by Crippen LogP contribution is -2.44. The van der Waals surface area contributed by atoms with Crippen LogP contribution >= 0.6 is 33.9 Å². The highest BCUT2D eigenvalue weighted by atomic mass is 127. The summed E-state index contributed by atoms with van der Waals surface area (Å²) < 4.78 is 15.6. The van der Waals surface area contributed by atoms with Gasteiger partial charge in [0.25, 0.3) is 11.8 Å². The summed E-state index contributed by atoms with van der Waals surface area (Å²) >= 11 is 3.99. The van der Waals surface area contributed by atoms with Crippen molar-refractivity contribution >= 4 is 85.0 Å². The molecule has 48 heavy (non-hydrogen) atoms. The number of amides is 3. The van der Waals surface area contributed by atoms with Crippen molar-refractivity contribution in [2.45, 2.75) is 31.8 Å². The quantitative estimate of drug-likeness (QED) is 0.122. The number of anilines is 2. The van der Waals surface area contributed by atoms with E-state index in [2.05, 4.69) is 56.4 Å². The third-order valence-corrected chi connectivity index (χ3v) is 10.4. The first-order valence-corrected chi connectivity index (χ1v) is 17.4. The number of thiophene rings is 1. The molecule has 2 N–H and O–H groups in total. The minimum Gasteiger partial charge on any atom is -0.493 e. The number of ether oxygens (including phenoxy) is 2. The van der Waals surface area contributed by atoms with Gasteiger partial charge in [-0.2, -0.15) is 0 Å². The summed E-state index contributed by atoms with van der Waals surface area (Å²) in [7, 11) is 3.29. The lowest BCUT2D eigenvalue weighted by molar-refractivity contribution is -0.116. The van der Waals surface area contributed by atoms with Crippen LogP contribution in [0.2, 0.25) is 0 Å². The Hall–Kier alpha value is -4.69. The maximum Gasteiger partial charge on any atom is 0.272 e. The highest BCUT2D eigenvalue weighted by Gasteiger charge is 2.33. The minimum atomic E-state index is -0.266. The molecule has 4 heterocycles. The van der Waals surface area contributed by atoms with Crippen LogP contribution in [0.3, 0.4) is 0 Å². The molecule has 3 amide bonds. The zero-order chi connectivity index (χ0) is 33.4. The largest absolute Gasteiger partial charge is 0.493 e. The Bertz CT molecular complexity index is 2100. The molecule has 2 aliphatic heterocycles. The maximum atomic E-state index is 13.6. The van der Waals surface area contributed by atoms with E-state index in [1.807, 2.05) is 41.4 Å². The van der Waals surface area contributed by atoms with E-state index in [9.17, 15) is 14.4 Å². The van der Waals surface area contributed by atoms with Crippen molar-refractivity contribution in [2.75, 3.05) is 24.4 Å². The maximum absolute atomic E-state index is 13.6. The topological polar surface area (TPSA) is 114 Å². The van der Waals surface area contributed by atoms with Crippen molar-refractivity contribution in [3.63, 3.8) is 0 Å². The molecule has 0 aliphatic carbocycles. The second-order valence-electron chi connectivity index (χ2n) is 11.8. The Morgan fingerprint density at radius 1 is 1.02 bits per heavy atom. The molecule has 10 nitrogen and oxygen atoms in total. The number of halogens is 1. The van der Waals surface area contributed by atoms with Crippen molar-refractivity contribution in [1.29, 1.82) is 0 Å². The van der Waals surface area contributed by atoms with Crippen LogP contribution in [-0.2, 0) is 24.8 Å². The van der Waals surface area contributed by atoms with Crippen molar-refractivity contribution in [3.05, 3.63) is 98.2 Å². The molecule has 0 spiro atoms. The zero-order valence-electron chi connectivity index (χ0n) is 26.3. The standard InChI is InChI=1S/C36H32IN5O5S/c1-41-20-25(15-29(41)35(44)40-24-9-10-32-23(12-24)14-33(37)48-32)39-34(43)8-5-11-47-31-17-28-27(16-30(31)46-2)36(45)42-19-22-7-4-3-6-21(22)13-26(42)18-38-28/h3-4,6-7,9-10,12,14-18,20,26H,5,8,11,13,19H2,1-2H3,(H,39,43)(H,40,44)/t26-/m0/s1. The van der Waals surface area contributed by atoms with Gasteiger partial charge in [-0.3, -0.25) is 19.4 Å². The molecular weight excluding hydrogens is 741 g/mol. The van der Waals surface area contributed by atoms with E-state index < -0.39 is 0 Å². The number of hydrogen-bond donors (Lipinski definition) is 2. The predicted octanol–water partition coefficient (Wildman–Crippen LogP) is 7.19. The number of aliphatic imine (C=N–C) groups is 1. The number of aryl methyl sites for hydroxylation is 1. The molecule has 244 valence electrons. The van der Waals surface area contributed by atoms with Crippen LogP contribution in [0.15, 0.2) is 77.9 Å². The van der Waals surface area contributed by atoms with E-state index in [1.165, 1.54) is 15.6 Å². The molecule has 5 aromatic rings. The molecular formula is C36H32IN5O5S. The van der Waals surface area contributed by atoms with Crippen LogP contribution in [0.4, 0.5) is 17.1 Å². The molecule has 0 radical (unpaired) electrons. The van der Waals surface area contributed by atoms with Gasteiger partial charge in [-0.15, -0.1) is 11.3 Å². The normalized spacial score (nSPS) is 14.9. The predicted molar refractivity (Wildman–Crippen MR) is 196 cm³/mol. The zero-order valence-corrected chi connectivity index (χ0v) is 29.3. The molecule has 1 atom stereocenters. The first kappa shape index (κ1) is 31.9. The number of nitrogens with one attached hydrogen (secondary N) is 2. The van der Waals surface area contributed by atoms with E-state index >= 15 is 0 Å². The second kappa shape index (κ2) is 13.4. The van der Waals surface area contributed by atoms with Crippen LogP contribution < -0.4 is 20.1 Å². The smallest absolute Gasteiger partial charge is 0.272 e. The average Bonchev–Trinajstić information content (AvgIpc) is 3.61. The van der Waals surface area contributed by atoms with E-state index in [-0.39, 0.29) is 36.8 Å². The summed E-state index contributed by atoms with van der Waals surface area (Å²) in [5.74, 6) is 0.321. The average molecular weight is 774 g/mol. The van der Waals surface area contributed by atoms with Crippen molar-refractivity contribution < 1.29 is 23.9 Å². The Morgan fingerprint density at radius 3 is 2.69 bits per heavy atom. The van der Waals surface area contributed by atoms with Crippen molar-refractivity contribution in [1.82, 2.24) is 9.47 Å². The Labute approximate surface area is 294 Å². The van der Waals surface area contributed by atoms with Gasteiger partial charge in [0.15, 0.2) is 11.5 Å². The van der Waals surface area contributed by atoms with Gasteiger partial charge in [-0.25, -0.2) is 0 Å². The molecule has 0 saturated heterocycles. The fourth-order valence-corrected chi connectivity index (χ4v) is 7.92. The number of benzene rings is 3. The van der Waals surface area contributed by atoms with Gasteiger partial charge in [-0.05, 0) is 88.3 Å². The molecule has 12 heteroatoms. The molecule has 0 fully saturated rings. The molecule has 2 aliphatic rings. The number of methoxy groups -OCH3 is 1. The monoisotopic (exact) mass is 773 g/mol. The van der Waals surface area contributed by atoms with E-state index in [4.69, 9.17) is 9.47 Å². The first-order valence-electron chi connectivity index (χ1n) is 15.5. The van der Waals surface area contributed by atoms with Gasteiger partial charge in [-0.1, -0.05) is 24.3 Å². The highest BCUT2D eigenvalue weighted by Crippen LogP contribution is 2.38. The van der Waals surface area contributed by atoms with Gasteiger partial charge < -0.3 is 29.6 Å². The van der Waals surface area contributed by atoms with Gasteiger partial charge in [0.05, 0.1) is 39.6 Å². The molecule has 2 aromatic heterocycles. The molecule has 0 unspecified atom stereocenters. The van der Waals surface area contributed by atoms with E-state index in [1.54, 1.807) is 47.3 Å². The highest BCUT2D eigenvalue weighted by molar-refractivity contribution is 14.1. The number of carbonyl (C=O) groups is 3. The molecule has 3 aromatic carbocycles. The summed E-state index contributed by atoms with van der Waals surface area (Å²) in [6.07, 6.45) is 4.90. The first-order chi connectivity index (χ1) is 23.2. The third-order valence-electron chi connectivity index (χ3n) is 8.52. The number of fused-ring (bicyclic) bond motifs is 4. The molecule has 0 bridgehead atoms. The lowest BCUT2D eigenvalue weighted by atomic mass is 9.94. The number of aromatic nitrogens is 1. The molecule has 7 rings (SSSR count). The van der Waals surface area contributed by atoms with Crippen LogP contribution in [0.1, 0.15) is 44.8 Å². The summed E-state index contributed by atoms with van der Waals surface area (Å²) in [6.45, 7) is 0.775. The minimum absolute atomic E-state index is 0.0975. The summed E-state index contributed by atoms with van der Waals surface area (Å²) in [5, 5.41) is 6.90. The van der Waals surface area contributed by atoms with Gasteiger partial charge in [0.1, 0.15) is 5.69 Å². The SMILES string of the molecule is COc1cc2c(cc1OCCCC(=O)Nc1cc(C(=O)Nc3ccc4sc(I)cc4c3)n(C)c1)N=C[C@@H]1Cc3ccccc3CN1C2=O. The van der Waals surface area contributed by atoms with Crippen LogP contribution in [0.25, 0.3) is 10.1 Å². The van der Waals surface area contributed by atoms with Gasteiger partial charge in [0, 0.05) is 48.9 Å². The fourth-order valence-electron chi connectivity index (χ4n) is 6.10. The third kappa shape index (κ3) is 6.54. The number of carbonyl (C=O) groups excluding carboxylic acids is 3. The Balaban J connectivity index is 0.941. The van der Waals surface area contributed by atoms with Crippen LogP contribution in [0.5, 0.6) is 11.5 Å². The summed E-state index contributed by atoms with van der Waals surface area (Å²) in [4.78, 5) is 45.9. The Kier molecular flexibility index (Phi) is 8.92. The summed E-state index contributed by atoms with van der Waals surface area (Å²) in [5.41, 5.74) is 5.02. The van der Waals surface area contributed by atoms with Crippen LogP contribution in [-0.4, -0.2) is 53.2 Å². The lowest BCUT2D eigenvalue weighted by Gasteiger charge is -2.34. The number of nitrogens with zero attached hydrogens (tertiary/aromatic N) is 3. The van der Waals surface area contributed by atoms with Gasteiger partial charge in [0.2, 0.25) is 5.91 Å². The van der Waals surface area contributed by atoms with Crippen LogP contribution in [0, 0.1) is 2.88 Å². The second-order valence-corrected chi connectivity index (χ2v) is 14.7. The van der Waals surface area contributed by atoms with Crippen molar-refractivity contribution in [2.24, 2.45) is 12.0 Å². The summed E-state index contributed by atoms with van der Waals surface area (Å²) in [6, 6.07) is 21.0. The number of hydrogen-bond acceptors (Lipinski definition) is 7. The fraction of sp³-hybridized carbons (Fsp3) is 0.222. The van der Waals surface area contributed by atoms with E-state index in [0.29, 0.717) is 59.2 Å². The van der Waals surface area contributed by atoms with Crippen molar-refractivity contribution in [3.8, 4) is 11.5 Å².